The molecule has 1 N–H and O–H groups in total. The largest absolute Gasteiger partial charge is 0.490 e. The number of imide groups is 1. The van der Waals surface area contributed by atoms with Gasteiger partial charge in [-0.15, -0.1) is 0 Å². The van der Waals surface area contributed by atoms with Crippen molar-refractivity contribution in [2.45, 2.75) is 19.0 Å². The molecule has 0 aromatic carbocycles. The molecule has 86 valence electrons. The highest BCUT2D eigenvalue weighted by Gasteiger charge is 2.38. The average molecular weight is 339 g/mol. The maximum atomic E-state index is 10.6. The van der Waals surface area contributed by atoms with Gasteiger partial charge in [-0.25, -0.2) is 7.91 Å². The fourth-order valence-corrected chi connectivity index (χ4v) is 1.03. The van der Waals surface area contributed by atoms with Gasteiger partial charge in [0.1, 0.15) is 0 Å². The standard InChI is InChI=1S/C4H4INO2.C2HF3O2/c5-6-3(7)1-2-4(6)8;3-2(4,5)1(6)7/h1-2H2;(H,6,7). The average Bonchev–Trinajstić information content (AvgIpc) is 2.36. The van der Waals surface area contributed by atoms with Crippen LogP contribution in [0.25, 0.3) is 0 Å². The van der Waals surface area contributed by atoms with Crippen LogP contribution in [0.3, 0.4) is 0 Å². The molecule has 2 amide bonds. The van der Waals surface area contributed by atoms with Gasteiger partial charge in [-0.1, -0.05) is 0 Å². The van der Waals surface area contributed by atoms with Crippen molar-refractivity contribution in [1.82, 2.24) is 3.11 Å². The first-order chi connectivity index (χ1) is 6.66. The molecule has 1 rings (SSSR count). The van der Waals surface area contributed by atoms with Gasteiger partial charge in [0.05, 0.1) is 22.9 Å². The minimum Gasteiger partial charge on any atom is -0.475 e. The summed E-state index contributed by atoms with van der Waals surface area (Å²) >= 11 is 1.72. The number of carbonyl (C=O) groups is 3. The summed E-state index contributed by atoms with van der Waals surface area (Å²) in [4.78, 5) is 29.9. The van der Waals surface area contributed by atoms with E-state index in [2.05, 4.69) is 0 Å². The lowest BCUT2D eigenvalue weighted by molar-refractivity contribution is -0.192. The van der Waals surface area contributed by atoms with Crippen molar-refractivity contribution >= 4 is 40.6 Å². The molecule has 1 aliphatic rings. The zero-order chi connectivity index (χ0) is 12.2. The molecule has 1 saturated heterocycles. The zero-order valence-corrected chi connectivity index (χ0v) is 9.20. The molecule has 0 aromatic heterocycles. The van der Waals surface area contributed by atoms with Gasteiger partial charge in [-0.05, 0) is 0 Å². The minimum absolute atomic E-state index is 0.0735. The molecule has 1 aliphatic heterocycles. The monoisotopic (exact) mass is 339 g/mol. The highest BCUT2D eigenvalue weighted by Crippen LogP contribution is 2.15. The predicted octanol–water partition coefficient (Wildman–Crippen LogP) is 1.12. The number of carbonyl (C=O) groups excluding carboxylic acids is 2. The van der Waals surface area contributed by atoms with Crippen LogP contribution in [0, 0.1) is 0 Å². The van der Waals surface area contributed by atoms with Gasteiger partial charge in [0.15, 0.2) is 0 Å². The van der Waals surface area contributed by atoms with E-state index in [9.17, 15) is 22.8 Å². The Morgan fingerprint density at radius 2 is 1.53 bits per heavy atom. The summed E-state index contributed by atoms with van der Waals surface area (Å²) in [6, 6.07) is 0. The maximum absolute atomic E-state index is 10.6. The molecule has 15 heavy (non-hydrogen) atoms. The number of hydrogen-bond acceptors (Lipinski definition) is 3. The Morgan fingerprint density at radius 1 is 1.27 bits per heavy atom. The number of hydrogen-bond donors (Lipinski definition) is 1. The van der Waals surface area contributed by atoms with Crippen molar-refractivity contribution in [1.29, 1.82) is 0 Å². The molecule has 0 aliphatic carbocycles. The third-order valence-corrected chi connectivity index (χ3v) is 2.31. The van der Waals surface area contributed by atoms with Crippen LogP contribution in [-0.2, 0) is 14.4 Å². The first-order valence-electron chi connectivity index (χ1n) is 3.48. The molecule has 0 saturated carbocycles. The molecule has 0 spiro atoms. The van der Waals surface area contributed by atoms with Crippen LogP contribution in [0.2, 0.25) is 0 Å². The zero-order valence-electron chi connectivity index (χ0n) is 7.05. The van der Waals surface area contributed by atoms with Crippen LogP contribution in [0.15, 0.2) is 0 Å². The Bertz CT molecular complexity index is 275. The normalized spacial score (nSPS) is 16.1. The Kier molecular flexibility index (Phi) is 4.97. The van der Waals surface area contributed by atoms with Crippen molar-refractivity contribution in [3.8, 4) is 0 Å². The summed E-state index contributed by atoms with van der Waals surface area (Å²) in [7, 11) is 0. The number of halogens is 4. The van der Waals surface area contributed by atoms with Gasteiger partial charge in [0.25, 0.3) is 0 Å². The van der Waals surface area contributed by atoms with Gasteiger partial charge in [-0.3, -0.25) is 9.59 Å². The molecule has 1 fully saturated rings. The molecule has 5 nitrogen and oxygen atoms in total. The van der Waals surface area contributed by atoms with Gasteiger partial charge in [0, 0.05) is 12.8 Å². The van der Waals surface area contributed by atoms with E-state index >= 15 is 0 Å². The van der Waals surface area contributed by atoms with Crippen LogP contribution in [0.4, 0.5) is 13.2 Å². The van der Waals surface area contributed by atoms with E-state index in [1.165, 1.54) is 0 Å². The number of nitrogens with zero attached hydrogens (tertiary/aromatic N) is 1. The second-order valence-corrected chi connectivity index (χ2v) is 3.34. The van der Waals surface area contributed by atoms with Crippen molar-refractivity contribution in [3.63, 3.8) is 0 Å². The van der Waals surface area contributed by atoms with Gasteiger partial charge in [-0.2, -0.15) is 13.2 Å². The molecular formula is C6H5F3INO4. The summed E-state index contributed by atoms with van der Waals surface area (Å²) in [5.74, 6) is -2.90. The highest BCUT2D eigenvalue weighted by molar-refractivity contribution is 14.1. The lowest BCUT2D eigenvalue weighted by Gasteiger charge is -1.97. The van der Waals surface area contributed by atoms with Gasteiger partial charge < -0.3 is 5.11 Å². The molecule has 0 bridgehead atoms. The number of alkyl halides is 3. The third-order valence-electron chi connectivity index (χ3n) is 1.23. The van der Waals surface area contributed by atoms with Crippen molar-refractivity contribution < 1.29 is 32.7 Å². The fraction of sp³-hybridized carbons (Fsp3) is 0.500. The number of rotatable bonds is 0. The Labute approximate surface area is 95.7 Å². The second-order valence-electron chi connectivity index (χ2n) is 2.37. The second kappa shape index (κ2) is 5.28. The van der Waals surface area contributed by atoms with E-state index in [0.717, 1.165) is 3.11 Å². The first-order valence-corrected chi connectivity index (χ1v) is 4.44. The van der Waals surface area contributed by atoms with Crippen LogP contribution < -0.4 is 0 Å². The third kappa shape index (κ3) is 4.95. The van der Waals surface area contributed by atoms with E-state index in [1.807, 2.05) is 0 Å². The summed E-state index contributed by atoms with van der Waals surface area (Å²) in [5, 5.41) is 7.12. The van der Waals surface area contributed by atoms with E-state index in [4.69, 9.17) is 9.90 Å². The van der Waals surface area contributed by atoms with E-state index in [1.54, 1.807) is 22.9 Å². The quantitative estimate of drug-likeness (QED) is 0.408. The number of carboxylic acid groups (broad SMARTS) is 1. The fourth-order valence-electron chi connectivity index (χ4n) is 0.549. The summed E-state index contributed by atoms with van der Waals surface area (Å²) in [6.07, 6.45) is -4.30. The molecule has 0 aromatic rings. The topological polar surface area (TPSA) is 74.7 Å². The van der Waals surface area contributed by atoms with Crippen LogP contribution in [-0.4, -0.2) is 32.2 Å². The van der Waals surface area contributed by atoms with E-state index in [0.29, 0.717) is 12.8 Å². The Morgan fingerprint density at radius 3 is 1.60 bits per heavy atom. The number of amides is 2. The van der Waals surface area contributed by atoms with Crippen LogP contribution >= 0.6 is 22.9 Å². The van der Waals surface area contributed by atoms with Crippen molar-refractivity contribution in [3.05, 3.63) is 0 Å². The Balaban J connectivity index is 0.000000265. The minimum atomic E-state index is -5.08. The van der Waals surface area contributed by atoms with Crippen molar-refractivity contribution in [2.75, 3.05) is 0 Å². The smallest absolute Gasteiger partial charge is 0.475 e. The molecule has 0 radical (unpaired) electrons. The highest BCUT2D eigenvalue weighted by atomic mass is 127. The summed E-state index contributed by atoms with van der Waals surface area (Å²) < 4.78 is 32.9. The maximum Gasteiger partial charge on any atom is 0.490 e. The summed E-state index contributed by atoms with van der Waals surface area (Å²) in [5.41, 5.74) is 0. The predicted molar refractivity (Wildman–Crippen MR) is 48.8 cm³/mol. The van der Waals surface area contributed by atoms with Gasteiger partial charge >= 0.3 is 12.1 Å². The molecule has 1 heterocycles. The molecule has 0 unspecified atom stereocenters. The lowest BCUT2D eigenvalue weighted by Crippen LogP contribution is -2.21. The first kappa shape index (κ1) is 14.1. The number of aliphatic carboxylic acids is 1. The Hall–Kier alpha value is -0.870. The molecule has 0 atom stereocenters. The lowest BCUT2D eigenvalue weighted by atomic mass is 10.4. The number of carboxylic acids is 1. The summed E-state index contributed by atoms with van der Waals surface area (Å²) in [6.45, 7) is 0. The van der Waals surface area contributed by atoms with Crippen molar-refractivity contribution in [2.24, 2.45) is 0 Å². The molecule has 9 heteroatoms. The van der Waals surface area contributed by atoms with Gasteiger partial charge in [0.2, 0.25) is 11.8 Å². The van der Waals surface area contributed by atoms with Crippen LogP contribution in [0.1, 0.15) is 12.8 Å². The van der Waals surface area contributed by atoms with E-state index in [-0.39, 0.29) is 11.8 Å². The van der Waals surface area contributed by atoms with E-state index < -0.39 is 12.1 Å². The SMILES string of the molecule is O=C(O)C(F)(F)F.O=C1CCC(=O)N1I. The molecular weight excluding hydrogens is 334 g/mol. The van der Waals surface area contributed by atoms with Crippen LogP contribution in [0.5, 0.6) is 0 Å².